The molecule has 1 unspecified atom stereocenters. The van der Waals surface area contributed by atoms with Gasteiger partial charge >= 0.3 is 0 Å². The van der Waals surface area contributed by atoms with E-state index in [0.29, 0.717) is 17.0 Å². The number of benzene rings is 4. The Morgan fingerprint density at radius 1 is 0.851 bits per heavy atom. The number of fused-ring (bicyclic) bond motifs is 1. The number of rotatable bonds is 9. The first-order valence-corrected chi connectivity index (χ1v) is 16.1. The largest absolute Gasteiger partial charge is 0.507 e. The molecule has 47 heavy (non-hydrogen) atoms. The van der Waals surface area contributed by atoms with Gasteiger partial charge in [0.2, 0.25) is 0 Å². The molecule has 1 fully saturated rings. The number of anilines is 3. The van der Waals surface area contributed by atoms with Gasteiger partial charge in [-0.25, -0.2) is 4.39 Å². The molecule has 2 heterocycles. The number of hydrogen-bond acceptors (Lipinski definition) is 6. The SMILES string of the molecule is Cc1c(C)n(CC(C)CN2CCN(C)CC2)c2ccc(Nc3cccc(C(=O)Nc4cc(O)c(-c5ccc(F)cc5)c(O)c4)c3)cc12. The normalized spacial score (nSPS) is 14.7. The number of aromatic nitrogens is 1. The Labute approximate surface area is 275 Å². The third-order valence-electron chi connectivity index (χ3n) is 9.20. The van der Waals surface area contributed by atoms with E-state index in [1.165, 1.54) is 58.6 Å². The van der Waals surface area contributed by atoms with Crippen molar-refractivity contribution in [2.45, 2.75) is 27.3 Å². The molecule has 1 aliphatic rings. The van der Waals surface area contributed by atoms with Crippen LogP contribution in [0.1, 0.15) is 28.5 Å². The van der Waals surface area contributed by atoms with Crippen LogP contribution in [-0.4, -0.2) is 70.3 Å². The number of carbonyl (C=O) groups is 1. The van der Waals surface area contributed by atoms with Crippen molar-refractivity contribution in [3.05, 3.63) is 102 Å². The van der Waals surface area contributed by atoms with Crippen molar-refractivity contribution in [3.63, 3.8) is 0 Å². The number of nitrogens with one attached hydrogen (secondary N) is 2. The number of phenols is 2. The molecule has 1 atom stereocenters. The molecule has 0 saturated carbocycles. The van der Waals surface area contributed by atoms with Crippen LogP contribution in [0.25, 0.3) is 22.0 Å². The first-order valence-electron chi connectivity index (χ1n) is 16.1. The molecule has 1 amide bonds. The van der Waals surface area contributed by atoms with E-state index in [-0.39, 0.29) is 22.7 Å². The van der Waals surface area contributed by atoms with Gasteiger partial charge in [0.25, 0.3) is 5.91 Å². The van der Waals surface area contributed by atoms with E-state index in [9.17, 15) is 19.4 Å². The number of aromatic hydroxyl groups is 2. The van der Waals surface area contributed by atoms with E-state index in [2.05, 4.69) is 71.0 Å². The molecule has 0 spiro atoms. The number of aryl methyl sites for hydroxylation is 1. The van der Waals surface area contributed by atoms with Crippen LogP contribution in [0.4, 0.5) is 21.5 Å². The Balaban J connectivity index is 1.14. The third kappa shape index (κ3) is 7.11. The van der Waals surface area contributed by atoms with Crippen molar-refractivity contribution in [2.75, 3.05) is 50.4 Å². The number of likely N-dealkylation sites (N-methyl/N-ethyl adjacent to an activating group) is 1. The molecule has 1 aromatic heterocycles. The first-order chi connectivity index (χ1) is 22.5. The van der Waals surface area contributed by atoms with Crippen LogP contribution in [0.3, 0.4) is 0 Å². The second-order valence-corrected chi connectivity index (χ2v) is 12.8. The molecule has 6 rings (SSSR count). The van der Waals surface area contributed by atoms with Crippen LogP contribution in [0, 0.1) is 25.6 Å². The molecular weight excluding hydrogens is 593 g/mol. The maximum Gasteiger partial charge on any atom is 0.255 e. The second-order valence-electron chi connectivity index (χ2n) is 12.8. The summed E-state index contributed by atoms with van der Waals surface area (Å²) in [5.74, 6) is -0.760. The molecule has 1 saturated heterocycles. The quantitative estimate of drug-likeness (QED) is 0.135. The van der Waals surface area contributed by atoms with Crippen molar-refractivity contribution in [1.29, 1.82) is 0 Å². The molecule has 1 aliphatic heterocycles. The van der Waals surface area contributed by atoms with E-state index in [4.69, 9.17) is 0 Å². The van der Waals surface area contributed by atoms with Crippen molar-refractivity contribution in [3.8, 4) is 22.6 Å². The number of carbonyl (C=O) groups excluding carboxylic acids is 1. The van der Waals surface area contributed by atoms with E-state index in [1.54, 1.807) is 18.2 Å². The summed E-state index contributed by atoms with van der Waals surface area (Å²) in [4.78, 5) is 18.1. The van der Waals surface area contributed by atoms with E-state index in [1.807, 2.05) is 6.07 Å². The lowest BCUT2D eigenvalue weighted by molar-refractivity contribution is 0.102. The lowest BCUT2D eigenvalue weighted by Crippen LogP contribution is -2.46. The smallest absolute Gasteiger partial charge is 0.255 e. The summed E-state index contributed by atoms with van der Waals surface area (Å²) in [7, 11) is 2.19. The second kappa shape index (κ2) is 13.5. The van der Waals surface area contributed by atoms with Crippen LogP contribution in [0.15, 0.2) is 78.9 Å². The minimum atomic E-state index is -0.421. The molecule has 0 radical (unpaired) electrons. The van der Waals surface area contributed by atoms with Crippen LogP contribution < -0.4 is 10.6 Å². The fraction of sp³-hybridized carbons (Fsp3) is 0.289. The van der Waals surface area contributed by atoms with E-state index >= 15 is 0 Å². The zero-order chi connectivity index (χ0) is 33.2. The van der Waals surface area contributed by atoms with Crippen molar-refractivity contribution < 1.29 is 19.4 Å². The Bertz CT molecular complexity index is 1890. The first kappa shape index (κ1) is 32.1. The maximum atomic E-state index is 13.3. The molecule has 0 aliphatic carbocycles. The van der Waals surface area contributed by atoms with Gasteiger partial charge in [-0.15, -0.1) is 0 Å². The number of hydrogen-bond donors (Lipinski definition) is 4. The van der Waals surface area contributed by atoms with Gasteiger partial charge < -0.3 is 35.2 Å². The van der Waals surface area contributed by atoms with Crippen molar-refractivity contribution >= 4 is 33.9 Å². The highest BCUT2D eigenvalue weighted by Crippen LogP contribution is 2.40. The zero-order valence-corrected chi connectivity index (χ0v) is 27.3. The van der Waals surface area contributed by atoms with Gasteiger partial charge in [-0.3, -0.25) is 4.79 Å². The van der Waals surface area contributed by atoms with Crippen molar-refractivity contribution in [1.82, 2.24) is 14.4 Å². The van der Waals surface area contributed by atoms with Gasteiger partial charge in [0.15, 0.2) is 0 Å². The van der Waals surface area contributed by atoms with Crippen LogP contribution in [-0.2, 0) is 6.54 Å². The summed E-state index contributed by atoms with van der Waals surface area (Å²) < 4.78 is 15.8. The maximum absolute atomic E-state index is 13.3. The predicted molar refractivity (Wildman–Crippen MR) is 187 cm³/mol. The number of piperazine rings is 1. The third-order valence-corrected chi connectivity index (χ3v) is 9.20. The van der Waals surface area contributed by atoms with E-state index in [0.717, 1.165) is 50.6 Å². The summed E-state index contributed by atoms with van der Waals surface area (Å²) in [6.07, 6.45) is 0. The Kier molecular flexibility index (Phi) is 9.20. The van der Waals surface area contributed by atoms with Gasteiger partial charge in [-0.05, 0) is 86.5 Å². The minimum Gasteiger partial charge on any atom is -0.507 e. The Morgan fingerprint density at radius 3 is 2.23 bits per heavy atom. The monoisotopic (exact) mass is 635 g/mol. The van der Waals surface area contributed by atoms with E-state index < -0.39 is 11.7 Å². The number of phenolic OH excluding ortho intramolecular Hbond substituents is 2. The Morgan fingerprint density at radius 2 is 1.53 bits per heavy atom. The van der Waals surface area contributed by atoms with Crippen molar-refractivity contribution in [2.24, 2.45) is 5.92 Å². The number of amides is 1. The van der Waals surface area contributed by atoms with Gasteiger partial charge in [0.1, 0.15) is 17.3 Å². The lowest BCUT2D eigenvalue weighted by Gasteiger charge is -2.34. The zero-order valence-electron chi connectivity index (χ0n) is 27.3. The van der Waals surface area contributed by atoms with Gasteiger partial charge in [-0.1, -0.05) is 25.1 Å². The molecule has 244 valence electrons. The molecule has 4 N–H and O–H groups in total. The molecule has 0 bridgehead atoms. The number of nitrogens with zero attached hydrogens (tertiary/aromatic N) is 3. The molecule has 8 nitrogen and oxygen atoms in total. The lowest BCUT2D eigenvalue weighted by atomic mass is 10.0. The highest BCUT2D eigenvalue weighted by atomic mass is 19.1. The van der Waals surface area contributed by atoms with Crippen LogP contribution >= 0.6 is 0 Å². The average Bonchev–Trinajstić information content (AvgIpc) is 3.27. The average molecular weight is 636 g/mol. The summed E-state index contributed by atoms with van der Waals surface area (Å²) in [6.45, 7) is 13.3. The Hall–Kier alpha value is -4.86. The predicted octanol–water partition coefficient (Wildman–Crippen LogP) is 7.35. The standard InChI is InChI=1S/C38H42FN5O3/c1-24(22-43-16-14-42(4)15-17-43)23-44-26(3)25(2)33-19-31(12-13-34(33)44)40-30-7-5-6-28(18-30)38(47)41-32-20-35(45)37(36(46)21-32)27-8-10-29(39)11-9-27/h5-13,18-21,24,40,45-46H,14-17,22-23H2,1-4H3,(H,41,47). The summed E-state index contributed by atoms with van der Waals surface area (Å²) in [6, 6.07) is 21.7. The fourth-order valence-corrected chi connectivity index (χ4v) is 6.51. The van der Waals surface area contributed by atoms with Crippen LogP contribution in [0.2, 0.25) is 0 Å². The molecule has 9 heteroatoms. The molecule has 5 aromatic rings. The molecule has 4 aromatic carbocycles. The minimum absolute atomic E-state index is 0.159. The number of halogens is 1. The van der Waals surface area contributed by atoms with Gasteiger partial charge in [0, 0.05) is 90.6 Å². The molecular formula is C38H42FN5O3. The summed E-state index contributed by atoms with van der Waals surface area (Å²) in [5.41, 5.74) is 6.69. The fourth-order valence-electron chi connectivity index (χ4n) is 6.51. The highest BCUT2D eigenvalue weighted by molar-refractivity contribution is 6.05. The summed E-state index contributed by atoms with van der Waals surface area (Å²) in [5, 5.41) is 28.6. The summed E-state index contributed by atoms with van der Waals surface area (Å²) >= 11 is 0. The van der Waals surface area contributed by atoms with Gasteiger partial charge in [-0.2, -0.15) is 0 Å². The highest BCUT2D eigenvalue weighted by Gasteiger charge is 2.19. The van der Waals surface area contributed by atoms with Gasteiger partial charge in [0.05, 0.1) is 5.56 Å². The topological polar surface area (TPSA) is 93.0 Å². The van der Waals surface area contributed by atoms with Crippen LogP contribution in [0.5, 0.6) is 11.5 Å².